The minimum atomic E-state index is -0.696. The fourth-order valence-electron chi connectivity index (χ4n) is 3.88. The first-order valence-corrected chi connectivity index (χ1v) is 10.7. The molecule has 168 valence electrons. The van der Waals surface area contributed by atoms with Crippen molar-refractivity contribution in [3.8, 4) is 29.1 Å². The normalized spacial score (nSPS) is 11.3. The Bertz CT molecular complexity index is 1820. The van der Waals surface area contributed by atoms with E-state index in [0.717, 1.165) is 5.56 Å². The second-order valence-corrected chi connectivity index (χ2v) is 8.51. The van der Waals surface area contributed by atoms with Crippen LogP contribution in [0.25, 0.3) is 38.9 Å². The summed E-state index contributed by atoms with van der Waals surface area (Å²) in [7, 11) is 0. The first-order chi connectivity index (χ1) is 16.8. The summed E-state index contributed by atoms with van der Waals surface area (Å²) in [5, 5.41) is 18.7. The Morgan fingerprint density at radius 3 is 2.37 bits per heavy atom. The summed E-state index contributed by atoms with van der Waals surface area (Å²) in [6.45, 7) is 3.62. The second kappa shape index (κ2) is 8.01. The summed E-state index contributed by atoms with van der Waals surface area (Å²) >= 11 is 0. The van der Waals surface area contributed by atoms with Crippen molar-refractivity contribution in [3.63, 3.8) is 0 Å². The lowest BCUT2D eigenvalue weighted by Crippen LogP contribution is -2.29. The molecule has 1 aromatic carbocycles. The molecule has 0 spiro atoms. The number of aromatic nitrogens is 5. The molecule has 4 heterocycles. The van der Waals surface area contributed by atoms with Crippen LogP contribution in [0.1, 0.15) is 25.1 Å². The van der Waals surface area contributed by atoms with Crippen LogP contribution in [0.3, 0.4) is 0 Å². The predicted molar refractivity (Wildman–Crippen MR) is 130 cm³/mol. The van der Waals surface area contributed by atoms with Crippen LogP contribution in [0.4, 0.5) is 0 Å². The molecule has 0 saturated carbocycles. The Hall–Kier alpha value is -5.15. The molecule has 0 aliphatic heterocycles. The van der Waals surface area contributed by atoms with Crippen LogP contribution in [0.5, 0.6) is 0 Å². The van der Waals surface area contributed by atoms with Crippen LogP contribution in [0.2, 0.25) is 0 Å². The average molecular weight is 459 g/mol. The van der Waals surface area contributed by atoms with Crippen LogP contribution < -0.4 is 11.2 Å². The lowest BCUT2D eigenvalue weighted by Gasteiger charge is -2.17. The molecule has 5 rings (SSSR count). The number of benzene rings is 1. The van der Waals surface area contributed by atoms with Crippen LogP contribution in [0.15, 0.2) is 70.5 Å². The van der Waals surface area contributed by atoms with Crippen LogP contribution in [0, 0.1) is 22.7 Å². The predicted octanol–water partition coefficient (Wildman–Crippen LogP) is 3.36. The Morgan fingerprint density at radius 1 is 0.943 bits per heavy atom. The van der Waals surface area contributed by atoms with Gasteiger partial charge in [0.15, 0.2) is 0 Å². The second-order valence-electron chi connectivity index (χ2n) is 8.51. The Labute approximate surface area is 198 Å². The van der Waals surface area contributed by atoms with Gasteiger partial charge in [0.1, 0.15) is 17.3 Å². The van der Waals surface area contributed by atoms with Gasteiger partial charge >= 0.3 is 5.69 Å². The molecule has 0 amide bonds. The molecule has 35 heavy (non-hydrogen) atoms. The quantitative estimate of drug-likeness (QED) is 0.408. The van der Waals surface area contributed by atoms with E-state index in [2.05, 4.69) is 21.0 Å². The third kappa shape index (κ3) is 3.62. The van der Waals surface area contributed by atoms with E-state index < -0.39 is 16.7 Å². The SMILES string of the molecule is CC(C)(C#N)c1ccc(-n2c(=O)[nH]c(=O)c3cnc4ccc(-c5ccc(C#N)nc5)nc4c32)cc1. The zero-order valence-electron chi connectivity index (χ0n) is 18.8. The van der Waals surface area contributed by atoms with Crippen molar-refractivity contribution in [1.82, 2.24) is 24.5 Å². The van der Waals surface area contributed by atoms with Gasteiger partial charge in [0.2, 0.25) is 0 Å². The molecule has 0 radical (unpaired) electrons. The monoisotopic (exact) mass is 459 g/mol. The lowest BCUT2D eigenvalue weighted by atomic mass is 9.86. The highest BCUT2D eigenvalue weighted by molar-refractivity contribution is 6.01. The van der Waals surface area contributed by atoms with E-state index in [4.69, 9.17) is 10.2 Å². The van der Waals surface area contributed by atoms with Crippen LogP contribution in [-0.4, -0.2) is 24.5 Å². The van der Waals surface area contributed by atoms with Crippen molar-refractivity contribution in [3.05, 3.63) is 93.0 Å². The molecule has 1 N–H and O–H groups in total. The molecular weight excluding hydrogens is 442 g/mol. The van der Waals surface area contributed by atoms with Gasteiger partial charge in [0, 0.05) is 18.0 Å². The first kappa shape index (κ1) is 21.7. The maximum absolute atomic E-state index is 13.0. The van der Waals surface area contributed by atoms with Gasteiger partial charge in [-0.15, -0.1) is 0 Å². The smallest absolute Gasteiger partial charge is 0.273 e. The first-order valence-electron chi connectivity index (χ1n) is 10.7. The maximum Gasteiger partial charge on any atom is 0.333 e. The molecule has 0 unspecified atom stereocenters. The molecule has 5 aromatic rings. The zero-order chi connectivity index (χ0) is 24.7. The van der Waals surface area contributed by atoms with E-state index >= 15 is 0 Å². The lowest BCUT2D eigenvalue weighted by molar-refractivity contribution is 0.686. The highest BCUT2D eigenvalue weighted by atomic mass is 16.2. The molecule has 0 fully saturated rings. The summed E-state index contributed by atoms with van der Waals surface area (Å²) in [5.74, 6) is 0. The maximum atomic E-state index is 13.0. The number of fused-ring (bicyclic) bond motifs is 3. The third-order valence-corrected chi connectivity index (χ3v) is 5.88. The topological polar surface area (TPSA) is 141 Å². The zero-order valence-corrected chi connectivity index (χ0v) is 18.8. The molecule has 0 bridgehead atoms. The van der Waals surface area contributed by atoms with Crippen molar-refractivity contribution in [2.45, 2.75) is 19.3 Å². The fourth-order valence-corrected chi connectivity index (χ4v) is 3.88. The highest BCUT2D eigenvalue weighted by Gasteiger charge is 2.20. The Kier molecular flexibility index (Phi) is 4.96. The Morgan fingerprint density at radius 2 is 1.71 bits per heavy atom. The van der Waals surface area contributed by atoms with Gasteiger partial charge in [-0.25, -0.2) is 14.8 Å². The van der Waals surface area contributed by atoms with E-state index in [9.17, 15) is 14.9 Å². The number of rotatable bonds is 3. The number of hydrogen-bond donors (Lipinski definition) is 1. The minimum absolute atomic E-state index is 0.209. The largest absolute Gasteiger partial charge is 0.333 e. The van der Waals surface area contributed by atoms with Gasteiger partial charge < -0.3 is 0 Å². The van der Waals surface area contributed by atoms with E-state index in [1.165, 1.54) is 10.8 Å². The number of nitrogens with one attached hydrogen (secondary N) is 1. The summed E-state index contributed by atoms with van der Waals surface area (Å²) in [6, 6.07) is 18.1. The number of pyridine rings is 3. The molecule has 0 aliphatic carbocycles. The van der Waals surface area contributed by atoms with E-state index in [0.29, 0.717) is 33.5 Å². The third-order valence-electron chi connectivity index (χ3n) is 5.88. The molecule has 4 aromatic heterocycles. The van der Waals surface area contributed by atoms with Crippen molar-refractivity contribution >= 4 is 21.9 Å². The van der Waals surface area contributed by atoms with Crippen LogP contribution >= 0.6 is 0 Å². The molecule has 9 heteroatoms. The fraction of sp³-hybridized carbons (Fsp3) is 0.115. The van der Waals surface area contributed by atoms with E-state index in [1.54, 1.807) is 54.7 Å². The van der Waals surface area contributed by atoms with Gasteiger partial charge in [-0.3, -0.25) is 19.3 Å². The van der Waals surface area contributed by atoms with Crippen molar-refractivity contribution in [2.24, 2.45) is 0 Å². The summed E-state index contributed by atoms with van der Waals surface area (Å²) in [4.78, 5) is 41.2. The summed E-state index contributed by atoms with van der Waals surface area (Å²) < 4.78 is 1.39. The molecule has 9 nitrogen and oxygen atoms in total. The molecule has 0 atom stereocenters. The standard InChI is InChI=1S/C26H17N7O2/c1-26(2,14-28)16-4-7-18(8-5-16)33-23-19(24(34)32-25(33)35)13-30-21-10-9-20(31-22(21)23)15-3-6-17(11-27)29-12-15/h3-10,12-13H,1-2H3,(H,32,34,35). The molecule has 0 saturated heterocycles. The number of aromatic amines is 1. The number of H-pyrrole nitrogens is 1. The minimum Gasteiger partial charge on any atom is -0.273 e. The Balaban J connectivity index is 1.80. The number of nitriles is 2. The molecule has 0 aliphatic rings. The van der Waals surface area contributed by atoms with Crippen LogP contribution in [-0.2, 0) is 5.41 Å². The average Bonchev–Trinajstić information content (AvgIpc) is 2.88. The summed E-state index contributed by atoms with van der Waals surface area (Å²) in [5.41, 5.74) is 2.12. The number of nitrogens with zero attached hydrogens (tertiary/aromatic N) is 6. The highest BCUT2D eigenvalue weighted by Crippen LogP contribution is 2.27. The van der Waals surface area contributed by atoms with Crippen molar-refractivity contribution in [1.29, 1.82) is 10.5 Å². The number of hydrogen-bond acceptors (Lipinski definition) is 7. The van der Waals surface area contributed by atoms with Crippen molar-refractivity contribution < 1.29 is 0 Å². The van der Waals surface area contributed by atoms with Gasteiger partial charge in [-0.2, -0.15) is 10.5 Å². The van der Waals surface area contributed by atoms with Gasteiger partial charge in [-0.1, -0.05) is 12.1 Å². The van der Waals surface area contributed by atoms with E-state index in [1.807, 2.05) is 19.9 Å². The van der Waals surface area contributed by atoms with E-state index in [-0.39, 0.29) is 11.1 Å². The van der Waals surface area contributed by atoms with Gasteiger partial charge in [0.05, 0.1) is 39.3 Å². The van der Waals surface area contributed by atoms with Crippen molar-refractivity contribution in [2.75, 3.05) is 0 Å². The summed E-state index contributed by atoms with van der Waals surface area (Å²) in [6.07, 6.45) is 2.96. The van der Waals surface area contributed by atoms with Gasteiger partial charge in [0.25, 0.3) is 5.56 Å². The molecular formula is C26H17N7O2. The van der Waals surface area contributed by atoms with Gasteiger partial charge in [-0.05, 0) is 55.8 Å².